The Morgan fingerprint density at radius 1 is 1.20 bits per heavy atom. The van der Waals surface area contributed by atoms with Crippen molar-refractivity contribution in [3.8, 4) is 5.88 Å². The van der Waals surface area contributed by atoms with Crippen LogP contribution in [0.15, 0.2) is 36.5 Å². The summed E-state index contributed by atoms with van der Waals surface area (Å²) in [6.45, 7) is 2.41. The number of nitrogens with one attached hydrogen (secondary N) is 1. The van der Waals surface area contributed by atoms with E-state index in [1.165, 1.54) is 12.1 Å². The van der Waals surface area contributed by atoms with Gasteiger partial charge in [0.1, 0.15) is 11.6 Å². The number of nitrogens with zero attached hydrogens (tertiary/aromatic N) is 1. The van der Waals surface area contributed by atoms with E-state index in [-0.39, 0.29) is 6.04 Å². The van der Waals surface area contributed by atoms with Gasteiger partial charge in [-0.1, -0.05) is 0 Å². The first kappa shape index (κ1) is 14.4. The number of aromatic nitrogens is 1. The van der Waals surface area contributed by atoms with Gasteiger partial charge in [-0.25, -0.2) is 13.8 Å². The van der Waals surface area contributed by atoms with Gasteiger partial charge in [0.2, 0.25) is 5.88 Å². The summed E-state index contributed by atoms with van der Waals surface area (Å²) in [7, 11) is 1.55. The molecule has 1 heterocycles. The minimum Gasteiger partial charge on any atom is -0.481 e. The zero-order chi connectivity index (χ0) is 14.5. The lowest BCUT2D eigenvalue weighted by Gasteiger charge is -2.15. The molecule has 20 heavy (non-hydrogen) atoms. The highest BCUT2D eigenvalue weighted by Crippen LogP contribution is 2.17. The maximum absolute atomic E-state index is 13.2. The normalized spacial score (nSPS) is 12.2. The third-order valence-corrected chi connectivity index (χ3v) is 3.01. The number of benzene rings is 1. The minimum atomic E-state index is -0.570. The van der Waals surface area contributed by atoms with Crippen molar-refractivity contribution in [2.45, 2.75) is 19.5 Å². The summed E-state index contributed by atoms with van der Waals surface area (Å²) in [6, 6.07) is 7.02. The molecule has 0 aliphatic carbocycles. The largest absolute Gasteiger partial charge is 0.481 e. The van der Waals surface area contributed by atoms with Crippen molar-refractivity contribution in [2.75, 3.05) is 7.11 Å². The Kier molecular flexibility index (Phi) is 4.63. The Hall–Kier alpha value is -2.01. The van der Waals surface area contributed by atoms with Crippen LogP contribution in [0, 0.1) is 11.6 Å². The summed E-state index contributed by atoms with van der Waals surface area (Å²) in [5.74, 6) is -0.604. The van der Waals surface area contributed by atoms with E-state index in [0.717, 1.165) is 11.6 Å². The van der Waals surface area contributed by atoms with Gasteiger partial charge < -0.3 is 10.1 Å². The first-order chi connectivity index (χ1) is 9.58. The second kappa shape index (κ2) is 6.43. The van der Waals surface area contributed by atoms with E-state index in [1.54, 1.807) is 13.3 Å². The van der Waals surface area contributed by atoms with Crippen LogP contribution >= 0.6 is 0 Å². The molecular formula is C15H16F2N2O. The highest BCUT2D eigenvalue weighted by atomic mass is 19.1. The van der Waals surface area contributed by atoms with Crippen LogP contribution in [-0.4, -0.2) is 12.1 Å². The fourth-order valence-electron chi connectivity index (χ4n) is 1.89. The van der Waals surface area contributed by atoms with E-state index in [1.807, 2.05) is 19.1 Å². The van der Waals surface area contributed by atoms with Crippen molar-refractivity contribution < 1.29 is 13.5 Å². The summed E-state index contributed by atoms with van der Waals surface area (Å²) < 4.78 is 31.4. The number of halogens is 2. The molecule has 0 saturated heterocycles. The average Bonchev–Trinajstić information content (AvgIpc) is 2.44. The maximum Gasteiger partial charge on any atom is 0.213 e. The number of rotatable bonds is 5. The highest BCUT2D eigenvalue weighted by Gasteiger charge is 2.08. The third-order valence-electron chi connectivity index (χ3n) is 3.01. The molecule has 0 saturated carbocycles. The molecule has 2 aromatic rings. The summed E-state index contributed by atoms with van der Waals surface area (Å²) >= 11 is 0. The number of ether oxygens (including phenoxy) is 1. The predicted molar refractivity (Wildman–Crippen MR) is 72.4 cm³/mol. The van der Waals surface area contributed by atoms with E-state index < -0.39 is 11.6 Å². The van der Waals surface area contributed by atoms with Gasteiger partial charge in [0, 0.05) is 30.9 Å². The summed E-state index contributed by atoms with van der Waals surface area (Å²) in [5, 5.41) is 3.20. The van der Waals surface area contributed by atoms with Crippen molar-refractivity contribution in [1.29, 1.82) is 0 Å². The molecule has 3 nitrogen and oxygen atoms in total. The van der Waals surface area contributed by atoms with Crippen LogP contribution in [0.1, 0.15) is 24.1 Å². The molecule has 0 radical (unpaired) electrons. The lowest BCUT2D eigenvalue weighted by Crippen LogP contribution is -2.18. The van der Waals surface area contributed by atoms with Gasteiger partial charge in [-0.15, -0.1) is 0 Å². The molecule has 0 bridgehead atoms. The standard InChI is InChI=1S/C15H16F2N2O/c1-10(12-6-13(16)8-14(17)7-12)19-9-11-3-4-18-15(5-11)20-2/h3-8,10,19H,9H2,1-2H3. The second-order valence-electron chi connectivity index (χ2n) is 4.51. The fourth-order valence-corrected chi connectivity index (χ4v) is 1.89. The van der Waals surface area contributed by atoms with Gasteiger partial charge in [0.25, 0.3) is 0 Å². The zero-order valence-electron chi connectivity index (χ0n) is 11.4. The summed E-state index contributed by atoms with van der Waals surface area (Å²) in [6.07, 6.45) is 1.66. The first-order valence-corrected chi connectivity index (χ1v) is 6.27. The Morgan fingerprint density at radius 3 is 2.55 bits per heavy atom. The molecule has 5 heteroatoms. The first-order valence-electron chi connectivity index (χ1n) is 6.27. The number of hydrogen-bond donors (Lipinski definition) is 1. The van der Waals surface area contributed by atoms with Crippen LogP contribution in [0.5, 0.6) is 5.88 Å². The van der Waals surface area contributed by atoms with Crippen LogP contribution in [0.2, 0.25) is 0 Å². The Balaban J connectivity index is 2.02. The van der Waals surface area contributed by atoms with Gasteiger partial charge in [-0.3, -0.25) is 0 Å². The molecule has 1 N–H and O–H groups in total. The molecule has 106 valence electrons. The smallest absolute Gasteiger partial charge is 0.213 e. The zero-order valence-corrected chi connectivity index (χ0v) is 11.4. The summed E-state index contributed by atoms with van der Waals surface area (Å²) in [4.78, 5) is 4.02. The Labute approximate surface area is 116 Å². The second-order valence-corrected chi connectivity index (χ2v) is 4.51. The van der Waals surface area contributed by atoms with Crippen molar-refractivity contribution >= 4 is 0 Å². The quantitative estimate of drug-likeness (QED) is 0.912. The van der Waals surface area contributed by atoms with Crippen molar-refractivity contribution in [2.24, 2.45) is 0 Å². The van der Waals surface area contributed by atoms with Gasteiger partial charge in [0.15, 0.2) is 0 Å². The van der Waals surface area contributed by atoms with Crippen molar-refractivity contribution in [3.63, 3.8) is 0 Å². The molecular weight excluding hydrogens is 262 g/mol. The Morgan fingerprint density at radius 2 is 1.90 bits per heavy atom. The highest BCUT2D eigenvalue weighted by molar-refractivity contribution is 5.23. The van der Waals surface area contributed by atoms with E-state index in [9.17, 15) is 8.78 Å². The van der Waals surface area contributed by atoms with Gasteiger partial charge in [-0.2, -0.15) is 0 Å². The molecule has 0 aliphatic rings. The molecule has 0 aliphatic heterocycles. The lowest BCUT2D eigenvalue weighted by molar-refractivity contribution is 0.397. The van der Waals surface area contributed by atoms with E-state index in [2.05, 4.69) is 10.3 Å². The van der Waals surface area contributed by atoms with Crippen molar-refractivity contribution in [1.82, 2.24) is 10.3 Å². The monoisotopic (exact) mass is 278 g/mol. The SMILES string of the molecule is COc1cc(CNC(C)c2cc(F)cc(F)c2)ccn1. The summed E-state index contributed by atoms with van der Waals surface area (Å²) in [5.41, 5.74) is 1.56. The van der Waals surface area contributed by atoms with Crippen molar-refractivity contribution in [3.05, 3.63) is 59.3 Å². The number of pyridine rings is 1. The van der Waals surface area contributed by atoms with Gasteiger partial charge in [-0.05, 0) is 36.2 Å². The predicted octanol–water partition coefficient (Wildman–Crippen LogP) is 3.22. The van der Waals surface area contributed by atoms with Crippen LogP contribution in [-0.2, 0) is 6.54 Å². The van der Waals surface area contributed by atoms with E-state index in [0.29, 0.717) is 18.0 Å². The topological polar surface area (TPSA) is 34.1 Å². The molecule has 1 atom stereocenters. The van der Waals surface area contributed by atoms with Crippen LogP contribution in [0.25, 0.3) is 0 Å². The molecule has 2 rings (SSSR count). The third kappa shape index (κ3) is 3.74. The molecule has 1 aromatic heterocycles. The van der Waals surface area contributed by atoms with Gasteiger partial charge >= 0.3 is 0 Å². The van der Waals surface area contributed by atoms with E-state index in [4.69, 9.17) is 4.74 Å². The van der Waals surface area contributed by atoms with Crippen LogP contribution in [0.3, 0.4) is 0 Å². The van der Waals surface area contributed by atoms with E-state index >= 15 is 0 Å². The molecule has 1 aromatic carbocycles. The molecule has 0 amide bonds. The number of hydrogen-bond acceptors (Lipinski definition) is 3. The van der Waals surface area contributed by atoms with Crippen LogP contribution < -0.4 is 10.1 Å². The van der Waals surface area contributed by atoms with Gasteiger partial charge in [0.05, 0.1) is 7.11 Å². The molecule has 0 fully saturated rings. The number of methoxy groups -OCH3 is 1. The molecule has 0 spiro atoms. The average molecular weight is 278 g/mol. The Bertz CT molecular complexity index is 570. The lowest BCUT2D eigenvalue weighted by atomic mass is 10.1. The van der Waals surface area contributed by atoms with Crippen LogP contribution in [0.4, 0.5) is 8.78 Å². The maximum atomic E-state index is 13.2. The molecule has 1 unspecified atom stereocenters. The minimum absolute atomic E-state index is 0.167. The fraction of sp³-hybridized carbons (Fsp3) is 0.267.